The molecule has 0 fully saturated rings. The number of thiophene rings is 1. The maximum atomic E-state index is 13.7. The van der Waals surface area contributed by atoms with E-state index < -0.39 is 15.8 Å². The topological polar surface area (TPSA) is 75.3 Å². The summed E-state index contributed by atoms with van der Waals surface area (Å²) in [4.78, 5) is 12.0. The van der Waals surface area contributed by atoms with E-state index >= 15 is 0 Å². The van der Waals surface area contributed by atoms with Crippen LogP contribution in [0.2, 0.25) is 0 Å². The molecule has 1 amide bonds. The molecule has 0 bridgehead atoms. The summed E-state index contributed by atoms with van der Waals surface area (Å²) in [6, 6.07) is 12.9. The standard InChI is InChI=1S/C17H13FN2O3S2/c18-15-6-1-2-7-16(15)20-25(22,23)14-5-3-4-13(10-14)19-17(21)12-8-9-24-11-12/h1-11,20H,(H,19,21). The Morgan fingerprint density at radius 2 is 1.84 bits per heavy atom. The third-order valence-corrected chi connectivity index (χ3v) is 5.35. The maximum absolute atomic E-state index is 13.7. The lowest BCUT2D eigenvalue weighted by atomic mass is 10.3. The number of hydrogen-bond donors (Lipinski definition) is 2. The minimum atomic E-state index is -3.99. The van der Waals surface area contributed by atoms with Crippen LogP contribution in [0.5, 0.6) is 0 Å². The van der Waals surface area contributed by atoms with E-state index in [4.69, 9.17) is 0 Å². The predicted octanol–water partition coefficient (Wildman–Crippen LogP) is 3.94. The Labute approximate surface area is 148 Å². The predicted molar refractivity (Wildman–Crippen MR) is 95.9 cm³/mol. The average Bonchev–Trinajstić information content (AvgIpc) is 3.12. The Hall–Kier alpha value is -2.71. The monoisotopic (exact) mass is 376 g/mol. The second kappa shape index (κ2) is 7.04. The van der Waals surface area contributed by atoms with Crippen LogP contribution in [0.4, 0.5) is 15.8 Å². The van der Waals surface area contributed by atoms with Gasteiger partial charge in [-0.25, -0.2) is 12.8 Å². The van der Waals surface area contributed by atoms with Crippen molar-refractivity contribution in [2.24, 2.45) is 0 Å². The van der Waals surface area contributed by atoms with Gasteiger partial charge < -0.3 is 5.32 Å². The first kappa shape index (κ1) is 17.1. The Bertz CT molecular complexity index is 1000. The molecule has 0 radical (unpaired) electrons. The van der Waals surface area contributed by atoms with Crippen molar-refractivity contribution >= 4 is 38.6 Å². The van der Waals surface area contributed by atoms with Crippen molar-refractivity contribution in [1.29, 1.82) is 0 Å². The number of anilines is 2. The molecule has 0 atom stereocenters. The molecule has 0 unspecified atom stereocenters. The van der Waals surface area contributed by atoms with E-state index in [9.17, 15) is 17.6 Å². The lowest BCUT2D eigenvalue weighted by Crippen LogP contribution is -2.15. The van der Waals surface area contributed by atoms with E-state index in [0.717, 1.165) is 6.07 Å². The summed E-state index contributed by atoms with van der Waals surface area (Å²) in [6.07, 6.45) is 0. The third-order valence-electron chi connectivity index (χ3n) is 3.30. The minimum absolute atomic E-state index is 0.0844. The van der Waals surface area contributed by atoms with Crippen LogP contribution in [0.25, 0.3) is 0 Å². The van der Waals surface area contributed by atoms with E-state index in [0.29, 0.717) is 11.3 Å². The molecule has 0 aliphatic rings. The number of hydrogen-bond acceptors (Lipinski definition) is 4. The molecule has 25 heavy (non-hydrogen) atoms. The highest BCUT2D eigenvalue weighted by atomic mass is 32.2. The van der Waals surface area contributed by atoms with E-state index in [2.05, 4.69) is 10.0 Å². The highest BCUT2D eigenvalue weighted by molar-refractivity contribution is 7.92. The van der Waals surface area contributed by atoms with Crippen LogP contribution >= 0.6 is 11.3 Å². The molecule has 5 nitrogen and oxygen atoms in total. The molecule has 3 aromatic rings. The molecule has 2 aromatic carbocycles. The summed E-state index contributed by atoms with van der Waals surface area (Å²) in [6.45, 7) is 0. The Morgan fingerprint density at radius 3 is 2.56 bits per heavy atom. The molecule has 0 aliphatic carbocycles. The summed E-state index contributed by atoms with van der Waals surface area (Å²) in [5.41, 5.74) is 0.672. The average molecular weight is 376 g/mol. The fourth-order valence-electron chi connectivity index (χ4n) is 2.09. The number of rotatable bonds is 5. The summed E-state index contributed by atoms with van der Waals surface area (Å²) >= 11 is 1.39. The van der Waals surface area contributed by atoms with Crippen molar-refractivity contribution in [3.8, 4) is 0 Å². The first-order valence-electron chi connectivity index (χ1n) is 7.17. The SMILES string of the molecule is O=C(Nc1cccc(S(=O)(=O)Nc2ccccc2F)c1)c1ccsc1. The number of para-hydroxylation sites is 1. The molecule has 0 spiro atoms. The number of carbonyl (C=O) groups excluding carboxylic acids is 1. The van der Waals surface area contributed by atoms with Gasteiger partial charge in [-0.2, -0.15) is 11.3 Å². The molecule has 1 aromatic heterocycles. The molecule has 0 saturated carbocycles. The zero-order valence-electron chi connectivity index (χ0n) is 12.8. The zero-order valence-corrected chi connectivity index (χ0v) is 14.4. The van der Waals surface area contributed by atoms with Crippen molar-refractivity contribution in [1.82, 2.24) is 0 Å². The zero-order chi connectivity index (χ0) is 17.9. The maximum Gasteiger partial charge on any atom is 0.262 e. The third kappa shape index (κ3) is 4.04. The number of carbonyl (C=O) groups is 1. The highest BCUT2D eigenvalue weighted by Crippen LogP contribution is 2.21. The van der Waals surface area contributed by atoms with Crippen LogP contribution in [-0.2, 0) is 10.0 Å². The van der Waals surface area contributed by atoms with Crippen LogP contribution < -0.4 is 10.0 Å². The van der Waals surface area contributed by atoms with E-state index in [1.807, 2.05) is 0 Å². The number of nitrogens with one attached hydrogen (secondary N) is 2. The van der Waals surface area contributed by atoms with Gasteiger partial charge in [0.2, 0.25) is 0 Å². The van der Waals surface area contributed by atoms with Gasteiger partial charge in [0.15, 0.2) is 0 Å². The van der Waals surface area contributed by atoms with Gasteiger partial charge in [-0.1, -0.05) is 18.2 Å². The Balaban J connectivity index is 1.83. The van der Waals surface area contributed by atoms with Gasteiger partial charge in [0.05, 0.1) is 16.1 Å². The number of benzene rings is 2. The van der Waals surface area contributed by atoms with E-state index in [-0.39, 0.29) is 16.5 Å². The minimum Gasteiger partial charge on any atom is -0.322 e. The number of halogens is 1. The van der Waals surface area contributed by atoms with Gasteiger partial charge >= 0.3 is 0 Å². The summed E-state index contributed by atoms with van der Waals surface area (Å²) in [7, 11) is -3.99. The summed E-state index contributed by atoms with van der Waals surface area (Å²) in [5, 5.41) is 6.10. The number of sulfonamides is 1. The van der Waals surface area contributed by atoms with Crippen LogP contribution in [-0.4, -0.2) is 14.3 Å². The molecule has 1 heterocycles. The highest BCUT2D eigenvalue weighted by Gasteiger charge is 2.17. The Kier molecular flexibility index (Phi) is 4.82. The van der Waals surface area contributed by atoms with Crippen LogP contribution in [0.3, 0.4) is 0 Å². The molecule has 3 rings (SSSR count). The van der Waals surface area contributed by atoms with Crippen LogP contribution in [0.1, 0.15) is 10.4 Å². The molecular weight excluding hydrogens is 363 g/mol. The lowest BCUT2D eigenvalue weighted by Gasteiger charge is -2.10. The van der Waals surface area contributed by atoms with Gasteiger partial charge in [0.25, 0.3) is 15.9 Å². The van der Waals surface area contributed by atoms with Gasteiger partial charge in [-0.05, 0) is 41.8 Å². The fourth-order valence-corrected chi connectivity index (χ4v) is 3.83. The van der Waals surface area contributed by atoms with E-state index in [1.54, 1.807) is 22.9 Å². The molecule has 2 N–H and O–H groups in total. The van der Waals surface area contributed by atoms with Gasteiger partial charge in [0, 0.05) is 11.1 Å². The molecule has 0 saturated heterocycles. The van der Waals surface area contributed by atoms with Crippen LogP contribution in [0, 0.1) is 5.82 Å². The second-order valence-electron chi connectivity index (χ2n) is 5.08. The lowest BCUT2D eigenvalue weighted by molar-refractivity contribution is 0.102. The number of amides is 1. The molecular formula is C17H13FN2O3S2. The van der Waals surface area contributed by atoms with Crippen molar-refractivity contribution in [2.75, 3.05) is 10.0 Å². The van der Waals surface area contributed by atoms with Crippen LogP contribution in [0.15, 0.2) is 70.3 Å². The normalized spacial score (nSPS) is 11.1. The van der Waals surface area contributed by atoms with Crippen molar-refractivity contribution in [3.63, 3.8) is 0 Å². The van der Waals surface area contributed by atoms with Gasteiger partial charge in [-0.3, -0.25) is 9.52 Å². The molecule has 128 valence electrons. The van der Waals surface area contributed by atoms with E-state index in [1.165, 1.54) is 47.7 Å². The molecule has 0 aliphatic heterocycles. The largest absolute Gasteiger partial charge is 0.322 e. The second-order valence-corrected chi connectivity index (χ2v) is 7.54. The molecule has 8 heteroatoms. The first-order valence-corrected chi connectivity index (χ1v) is 9.59. The van der Waals surface area contributed by atoms with Crippen molar-refractivity contribution in [2.45, 2.75) is 4.90 Å². The Morgan fingerprint density at radius 1 is 1.04 bits per heavy atom. The van der Waals surface area contributed by atoms with Gasteiger partial charge in [0.1, 0.15) is 5.82 Å². The summed E-state index contributed by atoms with van der Waals surface area (Å²) < 4.78 is 40.7. The quantitative estimate of drug-likeness (QED) is 0.708. The fraction of sp³-hybridized carbons (Fsp3) is 0. The van der Waals surface area contributed by atoms with Gasteiger partial charge in [-0.15, -0.1) is 0 Å². The smallest absolute Gasteiger partial charge is 0.262 e. The van der Waals surface area contributed by atoms with Crippen molar-refractivity contribution in [3.05, 3.63) is 76.7 Å². The summed E-state index contributed by atoms with van der Waals surface area (Å²) in [5.74, 6) is -1.01. The first-order chi connectivity index (χ1) is 12.0. The van der Waals surface area contributed by atoms with Crippen molar-refractivity contribution < 1.29 is 17.6 Å².